The van der Waals surface area contributed by atoms with Gasteiger partial charge in [-0.3, -0.25) is 4.99 Å². The number of fused-ring (bicyclic) bond motifs is 3. The van der Waals surface area contributed by atoms with Crippen molar-refractivity contribution in [2.24, 2.45) is 16.8 Å². The third-order valence-corrected chi connectivity index (χ3v) is 6.16. The third kappa shape index (κ3) is 2.81. The van der Waals surface area contributed by atoms with Crippen molar-refractivity contribution in [2.75, 3.05) is 20.6 Å². The first-order chi connectivity index (χ1) is 11.7. The van der Waals surface area contributed by atoms with E-state index in [4.69, 9.17) is 0 Å². The molecule has 126 valence electrons. The molecule has 2 aromatic rings. The maximum atomic E-state index is 4.54. The summed E-state index contributed by atoms with van der Waals surface area (Å²) in [6, 6.07) is 8.93. The summed E-state index contributed by atoms with van der Waals surface area (Å²) in [4.78, 5) is 11.1. The van der Waals surface area contributed by atoms with Gasteiger partial charge in [-0.05, 0) is 42.2 Å². The van der Waals surface area contributed by atoms with Crippen LogP contribution in [0, 0.1) is 18.8 Å². The van der Waals surface area contributed by atoms with Gasteiger partial charge < -0.3 is 10.2 Å². The zero-order chi connectivity index (χ0) is 16.7. The van der Waals surface area contributed by atoms with Crippen LogP contribution in [0.2, 0.25) is 0 Å². The van der Waals surface area contributed by atoms with E-state index in [9.17, 15) is 0 Å². The number of benzene rings is 1. The molecule has 1 saturated carbocycles. The first kappa shape index (κ1) is 15.6. The molecule has 4 rings (SSSR count). The Morgan fingerprint density at radius 1 is 1.42 bits per heavy atom. The number of aliphatic imine (C=N–C) groups is 1. The van der Waals surface area contributed by atoms with E-state index in [1.54, 1.807) is 22.5 Å². The van der Waals surface area contributed by atoms with Gasteiger partial charge in [0.25, 0.3) is 0 Å². The highest BCUT2D eigenvalue weighted by atomic mass is 32.1. The summed E-state index contributed by atoms with van der Waals surface area (Å²) in [5.74, 6) is 3.31. The van der Waals surface area contributed by atoms with Crippen LogP contribution in [-0.4, -0.2) is 36.5 Å². The van der Waals surface area contributed by atoms with E-state index in [2.05, 4.69) is 56.9 Å². The summed E-state index contributed by atoms with van der Waals surface area (Å²) >= 11 is 1.70. The van der Waals surface area contributed by atoms with E-state index in [0.717, 1.165) is 47.5 Å². The van der Waals surface area contributed by atoms with Crippen molar-refractivity contribution in [1.82, 2.24) is 15.2 Å². The monoisotopic (exact) mass is 340 g/mol. The van der Waals surface area contributed by atoms with Crippen molar-refractivity contribution < 1.29 is 0 Å². The maximum absolute atomic E-state index is 4.54. The lowest BCUT2D eigenvalue weighted by molar-refractivity contribution is 0.466. The lowest BCUT2D eigenvalue weighted by Gasteiger charge is -2.21. The van der Waals surface area contributed by atoms with E-state index in [1.165, 1.54) is 6.42 Å². The summed E-state index contributed by atoms with van der Waals surface area (Å²) in [7, 11) is 3.93. The molecule has 1 N–H and O–H groups in total. The Kier molecular flexibility index (Phi) is 4.04. The van der Waals surface area contributed by atoms with Crippen LogP contribution in [0.15, 0.2) is 34.6 Å². The van der Waals surface area contributed by atoms with Crippen molar-refractivity contribution in [3.05, 3.63) is 51.5 Å². The molecule has 0 amide bonds. The predicted molar refractivity (Wildman–Crippen MR) is 99.5 cm³/mol. The van der Waals surface area contributed by atoms with Crippen molar-refractivity contribution in [1.29, 1.82) is 0 Å². The summed E-state index contributed by atoms with van der Waals surface area (Å²) in [6.07, 6.45) is 1.25. The highest BCUT2D eigenvalue weighted by molar-refractivity contribution is 7.09. The highest BCUT2D eigenvalue weighted by Gasteiger charge is 2.54. The smallest absolute Gasteiger partial charge is 0.193 e. The van der Waals surface area contributed by atoms with Crippen molar-refractivity contribution in [2.45, 2.75) is 25.8 Å². The van der Waals surface area contributed by atoms with Gasteiger partial charge in [0.15, 0.2) is 5.96 Å². The number of nitrogens with one attached hydrogen (secondary N) is 1. The molecular weight excluding hydrogens is 316 g/mol. The number of rotatable bonds is 4. The van der Waals surface area contributed by atoms with Crippen molar-refractivity contribution in [3.63, 3.8) is 0 Å². The molecule has 0 radical (unpaired) electrons. The maximum Gasteiger partial charge on any atom is 0.193 e. The van der Waals surface area contributed by atoms with Gasteiger partial charge in [-0.15, -0.1) is 11.3 Å². The van der Waals surface area contributed by atoms with Gasteiger partial charge >= 0.3 is 0 Å². The van der Waals surface area contributed by atoms with E-state index in [1.807, 2.05) is 14.0 Å². The second-order valence-electron chi connectivity index (χ2n) is 6.90. The molecule has 4 nitrogen and oxygen atoms in total. The largest absolute Gasteiger partial charge is 0.356 e. The molecule has 1 aromatic carbocycles. The van der Waals surface area contributed by atoms with Gasteiger partial charge in [-0.2, -0.15) is 0 Å². The van der Waals surface area contributed by atoms with Crippen LogP contribution in [0.4, 0.5) is 0 Å². The fourth-order valence-corrected chi connectivity index (χ4v) is 4.76. The molecule has 2 aliphatic rings. The van der Waals surface area contributed by atoms with Crippen molar-refractivity contribution >= 4 is 17.3 Å². The lowest BCUT2D eigenvalue weighted by atomic mass is 10.0. The Morgan fingerprint density at radius 2 is 2.25 bits per heavy atom. The first-order valence-electron chi connectivity index (χ1n) is 8.58. The van der Waals surface area contributed by atoms with Gasteiger partial charge in [0.2, 0.25) is 0 Å². The predicted octanol–water partition coefficient (Wildman–Crippen LogP) is 3.04. The standard InChI is InChI=1S/C19H24N4S/c1-12-22-14(11-24-12)10-23(3)19(20-2)21-9-17-16-8-13-6-4-5-7-15(13)18(16)17/h4-7,11,16-18H,8-10H2,1-3H3,(H,20,21). The van der Waals surface area contributed by atoms with E-state index in [-0.39, 0.29) is 0 Å². The number of guanidine groups is 1. The van der Waals surface area contributed by atoms with Crippen LogP contribution in [0.25, 0.3) is 0 Å². The normalized spacial score (nSPS) is 24.5. The number of thiazole rings is 1. The molecular formula is C19H24N4S. The summed E-state index contributed by atoms with van der Waals surface area (Å²) in [5.41, 5.74) is 4.25. The molecule has 3 atom stereocenters. The first-order valence-corrected chi connectivity index (χ1v) is 9.46. The fourth-order valence-electron chi connectivity index (χ4n) is 4.15. The second kappa shape index (κ2) is 6.20. The van der Waals surface area contributed by atoms with Crippen molar-refractivity contribution in [3.8, 4) is 0 Å². The van der Waals surface area contributed by atoms with Crippen LogP contribution in [-0.2, 0) is 13.0 Å². The Morgan fingerprint density at radius 3 is 3.00 bits per heavy atom. The minimum absolute atomic E-state index is 0.756. The minimum Gasteiger partial charge on any atom is -0.356 e. The number of aromatic nitrogens is 1. The molecule has 0 bridgehead atoms. The van der Waals surface area contributed by atoms with Gasteiger partial charge in [-0.1, -0.05) is 24.3 Å². The zero-order valence-electron chi connectivity index (χ0n) is 14.5. The third-order valence-electron chi connectivity index (χ3n) is 5.34. The average Bonchev–Trinajstić information content (AvgIpc) is 2.91. The Labute approximate surface area is 147 Å². The number of hydrogen-bond donors (Lipinski definition) is 1. The zero-order valence-corrected chi connectivity index (χ0v) is 15.3. The molecule has 0 spiro atoms. The molecule has 3 unspecified atom stereocenters. The SMILES string of the molecule is CN=C(NCC1C2Cc3ccccc3C12)N(C)Cc1csc(C)n1. The lowest BCUT2D eigenvalue weighted by Crippen LogP contribution is -2.39. The molecule has 2 aliphatic carbocycles. The molecule has 1 fully saturated rings. The highest BCUT2D eigenvalue weighted by Crippen LogP contribution is 2.60. The van der Waals surface area contributed by atoms with Gasteiger partial charge in [0.05, 0.1) is 17.2 Å². The minimum atomic E-state index is 0.756. The van der Waals surface area contributed by atoms with Crippen LogP contribution in [0.5, 0.6) is 0 Å². The Bertz CT molecular complexity index is 766. The van der Waals surface area contributed by atoms with Gasteiger partial charge in [0.1, 0.15) is 0 Å². The Hall–Kier alpha value is -1.88. The topological polar surface area (TPSA) is 40.5 Å². The number of nitrogens with zero attached hydrogens (tertiary/aromatic N) is 3. The van der Waals surface area contributed by atoms with Crippen LogP contribution in [0.3, 0.4) is 0 Å². The molecule has 1 aromatic heterocycles. The van der Waals surface area contributed by atoms with E-state index in [0.29, 0.717) is 0 Å². The quantitative estimate of drug-likeness (QED) is 0.687. The molecule has 5 heteroatoms. The van der Waals surface area contributed by atoms with Crippen LogP contribution < -0.4 is 5.32 Å². The summed E-state index contributed by atoms with van der Waals surface area (Å²) in [6.45, 7) is 3.85. The molecule has 1 heterocycles. The van der Waals surface area contributed by atoms with E-state index < -0.39 is 0 Å². The Balaban J connectivity index is 1.33. The van der Waals surface area contributed by atoms with Crippen LogP contribution >= 0.6 is 11.3 Å². The second-order valence-corrected chi connectivity index (χ2v) is 7.96. The van der Waals surface area contributed by atoms with E-state index >= 15 is 0 Å². The summed E-state index contributed by atoms with van der Waals surface area (Å²) in [5, 5.41) is 6.81. The molecule has 0 aliphatic heterocycles. The molecule has 24 heavy (non-hydrogen) atoms. The average molecular weight is 340 g/mol. The number of aryl methyl sites for hydroxylation is 1. The van der Waals surface area contributed by atoms with Gasteiger partial charge in [-0.25, -0.2) is 4.98 Å². The molecule has 0 saturated heterocycles. The van der Waals surface area contributed by atoms with Crippen LogP contribution in [0.1, 0.15) is 27.7 Å². The summed E-state index contributed by atoms with van der Waals surface area (Å²) < 4.78 is 0. The van der Waals surface area contributed by atoms with Gasteiger partial charge in [0, 0.05) is 26.0 Å². The number of hydrogen-bond acceptors (Lipinski definition) is 3. The fraction of sp³-hybridized carbons (Fsp3) is 0.474.